The fourth-order valence-electron chi connectivity index (χ4n) is 2.33. The number of carbonyl (C=O) groups excluding carboxylic acids is 1. The van der Waals surface area contributed by atoms with Gasteiger partial charge >= 0.3 is 0 Å². The van der Waals surface area contributed by atoms with Gasteiger partial charge in [0.15, 0.2) is 0 Å². The predicted octanol–water partition coefficient (Wildman–Crippen LogP) is -0.0968. The summed E-state index contributed by atoms with van der Waals surface area (Å²) >= 11 is 0. The van der Waals surface area contributed by atoms with Crippen molar-refractivity contribution in [3.63, 3.8) is 0 Å². The van der Waals surface area contributed by atoms with E-state index in [1.165, 1.54) is 10.6 Å². The lowest BCUT2D eigenvalue weighted by Crippen LogP contribution is -2.50. The predicted molar refractivity (Wildman–Crippen MR) is 75.1 cm³/mol. The van der Waals surface area contributed by atoms with Crippen LogP contribution in [0.2, 0.25) is 0 Å². The van der Waals surface area contributed by atoms with Crippen molar-refractivity contribution < 1.29 is 13.2 Å². The number of amides is 1. The first-order chi connectivity index (χ1) is 8.85. The van der Waals surface area contributed by atoms with Gasteiger partial charge < -0.3 is 11.1 Å². The Bertz CT molecular complexity index is 399. The van der Waals surface area contributed by atoms with Crippen LogP contribution in [-0.4, -0.2) is 51.1 Å². The highest BCUT2D eigenvalue weighted by Gasteiger charge is 2.42. The minimum atomic E-state index is -3.14. The Kier molecular flexibility index (Phi) is 5.76. The van der Waals surface area contributed by atoms with E-state index < -0.39 is 10.0 Å². The quantitative estimate of drug-likeness (QED) is 0.611. The lowest BCUT2D eigenvalue weighted by atomic mass is 9.68. The zero-order chi connectivity index (χ0) is 14.5. The van der Waals surface area contributed by atoms with E-state index in [4.69, 9.17) is 5.73 Å². The zero-order valence-corrected chi connectivity index (χ0v) is 12.6. The van der Waals surface area contributed by atoms with Gasteiger partial charge in [0.1, 0.15) is 0 Å². The van der Waals surface area contributed by atoms with Crippen molar-refractivity contribution in [2.45, 2.75) is 32.6 Å². The molecule has 0 unspecified atom stereocenters. The summed E-state index contributed by atoms with van der Waals surface area (Å²) in [5.41, 5.74) is 5.29. The number of nitrogens with zero attached hydrogens (tertiary/aromatic N) is 1. The Labute approximate surface area is 115 Å². The number of carbonyl (C=O) groups is 1. The number of sulfonamides is 1. The van der Waals surface area contributed by atoms with Gasteiger partial charge in [-0.2, -0.15) is 0 Å². The van der Waals surface area contributed by atoms with Crippen LogP contribution in [0.3, 0.4) is 0 Å². The van der Waals surface area contributed by atoms with Gasteiger partial charge in [-0.1, -0.05) is 13.3 Å². The van der Waals surface area contributed by atoms with Crippen molar-refractivity contribution in [1.29, 1.82) is 0 Å². The molecule has 0 spiro atoms. The lowest BCUT2D eigenvalue weighted by Gasteiger charge is -2.39. The molecule has 6 nitrogen and oxygen atoms in total. The number of rotatable bonds is 8. The number of hydrogen-bond acceptors (Lipinski definition) is 4. The van der Waals surface area contributed by atoms with Gasteiger partial charge in [0.25, 0.3) is 0 Å². The largest absolute Gasteiger partial charge is 0.356 e. The normalized spacial score (nSPS) is 18.1. The third-order valence-corrected chi connectivity index (χ3v) is 5.25. The van der Waals surface area contributed by atoms with Crippen molar-refractivity contribution in [1.82, 2.24) is 9.62 Å². The maximum Gasteiger partial charge on any atom is 0.227 e. The molecule has 1 amide bonds. The van der Waals surface area contributed by atoms with Crippen molar-refractivity contribution in [3.05, 3.63) is 0 Å². The molecule has 19 heavy (non-hydrogen) atoms. The molecule has 1 saturated carbocycles. The highest BCUT2D eigenvalue weighted by atomic mass is 32.2. The molecule has 0 atom stereocenters. The number of nitrogens with one attached hydrogen (secondary N) is 1. The zero-order valence-electron chi connectivity index (χ0n) is 11.8. The van der Waals surface area contributed by atoms with Gasteiger partial charge in [-0.05, 0) is 19.3 Å². The van der Waals surface area contributed by atoms with Crippen LogP contribution in [0.25, 0.3) is 0 Å². The molecular formula is C12H25N3O3S. The first-order valence-corrected chi connectivity index (χ1v) is 8.64. The monoisotopic (exact) mass is 291 g/mol. The van der Waals surface area contributed by atoms with E-state index in [0.29, 0.717) is 32.6 Å². The summed E-state index contributed by atoms with van der Waals surface area (Å²) in [6.45, 7) is 3.58. The third kappa shape index (κ3) is 4.15. The van der Waals surface area contributed by atoms with E-state index >= 15 is 0 Å². The molecule has 0 aromatic heterocycles. The molecule has 1 rings (SSSR count). The average Bonchev–Trinajstić information content (AvgIpc) is 2.26. The van der Waals surface area contributed by atoms with Crippen molar-refractivity contribution >= 4 is 15.9 Å². The Morgan fingerprint density at radius 2 is 2.05 bits per heavy atom. The Morgan fingerprint density at radius 1 is 1.42 bits per heavy atom. The molecule has 0 aliphatic heterocycles. The summed E-state index contributed by atoms with van der Waals surface area (Å²) in [6.07, 6.45) is 4.60. The topological polar surface area (TPSA) is 92.5 Å². The minimum Gasteiger partial charge on any atom is -0.356 e. The molecule has 0 aromatic carbocycles. The van der Waals surface area contributed by atoms with Gasteiger partial charge in [0, 0.05) is 26.2 Å². The van der Waals surface area contributed by atoms with Crippen LogP contribution < -0.4 is 11.1 Å². The highest BCUT2D eigenvalue weighted by molar-refractivity contribution is 7.88. The van der Waals surface area contributed by atoms with Crippen LogP contribution in [0.1, 0.15) is 32.6 Å². The summed E-state index contributed by atoms with van der Waals surface area (Å²) < 4.78 is 24.2. The molecule has 1 fully saturated rings. The van der Waals surface area contributed by atoms with Crippen LogP contribution in [0.4, 0.5) is 0 Å². The fraction of sp³-hybridized carbons (Fsp3) is 0.917. The van der Waals surface area contributed by atoms with Crippen LogP contribution in [-0.2, 0) is 14.8 Å². The van der Waals surface area contributed by atoms with E-state index in [2.05, 4.69) is 5.32 Å². The van der Waals surface area contributed by atoms with Crippen molar-refractivity contribution in [2.24, 2.45) is 11.1 Å². The maximum absolute atomic E-state index is 12.0. The molecule has 0 heterocycles. The second kappa shape index (κ2) is 6.67. The molecule has 0 bridgehead atoms. The summed E-state index contributed by atoms with van der Waals surface area (Å²) in [5, 5.41) is 2.87. The van der Waals surface area contributed by atoms with Crippen LogP contribution in [0, 0.1) is 5.41 Å². The molecule has 0 saturated heterocycles. The molecule has 3 N–H and O–H groups in total. The molecule has 1 aliphatic carbocycles. The maximum atomic E-state index is 12.0. The van der Waals surface area contributed by atoms with Crippen molar-refractivity contribution in [2.75, 3.05) is 32.4 Å². The van der Waals surface area contributed by atoms with E-state index in [9.17, 15) is 13.2 Å². The molecule has 1 aliphatic rings. The van der Waals surface area contributed by atoms with Crippen molar-refractivity contribution in [3.8, 4) is 0 Å². The lowest BCUT2D eigenvalue weighted by molar-refractivity contribution is -0.135. The SMILES string of the molecule is CCN(CCCNC(=O)C1(CN)CCC1)S(C)(=O)=O. The van der Waals surface area contributed by atoms with Crippen LogP contribution >= 0.6 is 0 Å². The van der Waals surface area contributed by atoms with Gasteiger partial charge in [-0.3, -0.25) is 4.79 Å². The third-order valence-electron chi connectivity index (χ3n) is 3.87. The van der Waals surface area contributed by atoms with Crippen LogP contribution in [0.15, 0.2) is 0 Å². The average molecular weight is 291 g/mol. The standard InChI is InChI=1S/C12H25N3O3S/c1-3-15(19(2,17)18)9-5-8-14-11(16)12(10-13)6-4-7-12/h3-10,13H2,1-2H3,(H,14,16). The van der Waals surface area contributed by atoms with E-state index in [0.717, 1.165) is 19.3 Å². The second-order valence-electron chi connectivity index (χ2n) is 5.20. The van der Waals surface area contributed by atoms with E-state index in [1.54, 1.807) is 6.92 Å². The summed E-state index contributed by atoms with van der Waals surface area (Å²) in [6, 6.07) is 0. The first kappa shape index (κ1) is 16.4. The molecular weight excluding hydrogens is 266 g/mol. The van der Waals surface area contributed by atoms with Gasteiger partial charge in [-0.25, -0.2) is 12.7 Å². The van der Waals surface area contributed by atoms with E-state index in [-0.39, 0.29) is 11.3 Å². The first-order valence-electron chi connectivity index (χ1n) is 6.79. The van der Waals surface area contributed by atoms with Crippen LogP contribution in [0.5, 0.6) is 0 Å². The molecule has 0 radical (unpaired) electrons. The Morgan fingerprint density at radius 3 is 2.42 bits per heavy atom. The van der Waals surface area contributed by atoms with E-state index in [1.807, 2.05) is 0 Å². The molecule has 7 heteroatoms. The Hall–Kier alpha value is -0.660. The number of nitrogens with two attached hydrogens (primary N) is 1. The Balaban J connectivity index is 2.29. The molecule has 112 valence electrons. The second-order valence-corrected chi connectivity index (χ2v) is 7.18. The summed E-state index contributed by atoms with van der Waals surface area (Å²) in [7, 11) is -3.14. The minimum absolute atomic E-state index is 0.0173. The molecule has 0 aromatic rings. The fourth-order valence-corrected chi connectivity index (χ4v) is 3.26. The van der Waals surface area contributed by atoms with Gasteiger partial charge in [0.2, 0.25) is 15.9 Å². The summed E-state index contributed by atoms with van der Waals surface area (Å²) in [4.78, 5) is 12.0. The van der Waals surface area contributed by atoms with Gasteiger partial charge in [0.05, 0.1) is 11.7 Å². The summed E-state index contributed by atoms with van der Waals surface area (Å²) in [5.74, 6) is 0.0173. The number of hydrogen-bond donors (Lipinski definition) is 2. The smallest absolute Gasteiger partial charge is 0.227 e. The van der Waals surface area contributed by atoms with Gasteiger partial charge in [-0.15, -0.1) is 0 Å². The highest BCUT2D eigenvalue weighted by Crippen LogP contribution is 2.39.